The van der Waals surface area contributed by atoms with Gasteiger partial charge in [0.05, 0.1) is 5.69 Å². The molecule has 1 atom stereocenters. The molecule has 0 radical (unpaired) electrons. The van der Waals surface area contributed by atoms with Crippen LogP contribution in [0, 0.1) is 0 Å². The number of carbonyl (C=O) groups is 1. The number of nitrogens with one attached hydrogen (secondary N) is 1. The first-order valence-corrected chi connectivity index (χ1v) is 6.47. The van der Waals surface area contributed by atoms with E-state index in [0.717, 1.165) is 24.3 Å². The lowest BCUT2D eigenvalue weighted by atomic mass is 9.64. The summed E-state index contributed by atoms with van der Waals surface area (Å²) >= 11 is 0. The maximum atomic E-state index is 11.5. The Balaban J connectivity index is 1.96. The molecule has 0 aromatic heterocycles. The average Bonchev–Trinajstić information content (AvgIpc) is 2.30. The molecule has 1 aliphatic carbocycles. The normalized spacial score (nSPS) is 24.6. The number of anilines is 1. The standard InChI is InChI=1S/C14H18N2O2/c1-9-13(17)16-11-4-3-10(7-12(11)18-9)14(8-15)5-2-6-14/h3-4,7,9H,2,5-6,8,15H2,1H3,(H,16,17). The van der Waals surface area contributed by atoms with E-state index in [1.165, 1.54) is 12.0 Å². The Morgan fingerprint density at radius 2 is 2.28 bits per heavy atom. The molecule has 3 N–H and O–H groups in total. The molecule has 1 fully saturated rings. The number of fused-ring (bicyclic) bond motifs is 1. The number of ether oxygens (including phenoxy) is 1. The fourth-order valence-electron chi connectivity index (χ4n) is 2.75. The zero-order chi connectivity index (χ0) is 12.8. The van der Waals surface area contributed by atoms with Gasteiger partial charge in [-0.05, 0) is 37.5 Å². The second-order valence-electron chi connectivity index (χ2n) is 5.30. The summed E-state index contributed by atoms with van der Waals surface area (Å²) < 4.78 is 5.64. The topological polar surface area (TPSA) is 64.3 Å². The van der Waals surface area contributed by atoms with Gasteiger partial charge >= 0.3 is 0 Å². The predicted molar refractivity (Wildman–Crippen MR) is 69.7 cm³/mol. The van der Waals surface area contributed by atoms with E-state index in [2.05, 4.69) is 11.4 Å². The molecule has 1 amide bonds. The van der Waals surface area contributed by atoms with Crippen molar-refractivity contribution in [3.8, 4) is 5.75 Å². The number of rotatable bonds is 2. The molecule has 1 saturated carbocycles. The molecule has 1 heterocycles. The third kappa shape index (κ3) is 1.60. The van der Waals surface area contributed by atoms with Crippen LogP contribution in [0.5, 0.6) is 5.75 Å². The number of carbonyl (C=O) groups excluding carboxylic acids is 1. The number of nitrogens with two attached hydrogens (primary N) is 1. The van der Waals surface area contributed by atoms with Crippen molar-refractivity contribution in [2.24, 2.45) is 5.73 Å². The highest BCUT2D eigenvalue weighted by Gasteiger charge is 2.38. The SMILES string of the molecule is CC1Oc2cc(C3(CN)CCC3)ccc2NC1=O. The number of hydrogen-bond donors (Lipinski definition) is 2. The zero-order valence-electron chi connectivity index (χ0n) is 10.5. The molecule has 1 aliphatic heterocycles. The summed E-state index contributed by atoms with van der Waals surface area (Å²) in [6.45, 7) is 2.43. The summed E-state index contributed by atoms with van der Waals surface area (Å²) in [5.74, 6) is 0.673. The molecular weight excluding hydrogens is 228 g/mol. The van der Waals surface area contributed by atoms with Gasteiger partial charge in [0, 0.05) is 12.0 Å². The van der Waals surface area contributed by atoms with Crippen LogP contribution >= 0.6 is 0 Å². The van der Waals surface area contributed by atoms with Crippen LogP contribution < -0.4 is 15.8 Å². The van der Waals surface area contributed by atoms with Crippen LogP contribution in [0.25, 0.3) is 0 Å². The summed E-state index contributed by atoms with van der Waals surface area (Å²) in [6.07, 6.45) is 3.10. The highest BCUT2D eigenvalue weighted by Crippen LogP contribution is 2.45. The highest BCUT2D eigenvalue weighted by atomic mass is 16.5. The van der Waals surface area contributed by atoms with Gasteiger partial charge in [-0.1, -0.05) is 12.5 Å². The molecule has 2 aliphatic rings. The van der Waals surface area contributed by atoms with Crippen LogP contribution in [-0.2, 0) is 10.2 Å². The zero-order valence-corrected chi connectivity index (χ0v) is 10.5. The molecule has 0 spiro atoms. The lowest BCUT2D eigenvalue weighted by Crippen LogP contribution is -2.41. The minimum atomic E-state index is -0.428. The lowest BCUT2D eigenvalue weighted by Gasteiger charge is -2.42. The van der Waals surface area contributed by atoms with E-state index < -0.39 is 6.10 Å². The maximum absolute atomic E-state index is 11.5. The van der Waals surface area contributed by atoms with Crippen molar-refractivity contribution in [3.63, 3.8) is 0 Å². The fraction of sp³-hybridized carbons (Fsp3) is 0.500. The van der Waals surface area contributed by atoms with Crippen molar-refractivity contribution in [3.05, 3.63) is 23.8 Å². The Morgan fingerprint density at radius 1 is 1.50 bits per heavy atom. The summed E-state index contributed by atoms with van der Waals surface area (Å²) in [5, 5.41) is 2.85. The van der Waals surface area contributed by atoms with Crippen LogP contribution in [0.4, 0.5) is 5.69 Å². The second-order valence-corrected chi connectivity index (χ2v) is 5.30. The molecule has 18 heavy (non-hydrogen) atoms. The molecule has 0 bridgehead atoms. The van der Waals surface area contributed by atoms with Gasteiger partial charge in [-0.25, -0.2) is 0 Å². The van der Waals surface area contributed by atoms with Gasteiger partial charge < -0.3 is 15.8 Å². The van der Waals surface area contributed by atoms with Gasteiger partial charge in [0.1, 0.15) is 5.75 Å². The van der Waals surface area contributed by atoms with Crippen molar-refractivity contribution >= 4 is 11.6 Å². The predicted octanol–water partition coefficient (Wildman–Crippen LogP) is 1.79. The van der Waals surface area contributed by atoms with Crippen molar-refractivity contribution in [2.45, 2.75) is 37.7 Å². The van der Waals surface area contributed by atoms with Crippen LogP contribution in [0.3, 0.4) is 0 Å². The Bertz CT molecular complexity index is 489. The third-order valence-electron chi connectivity index (χ3n) is 4.23. The van der Waals surface area contributed by atoms with Gasteiger partial charge in [0.25, 0.3) is 5.91 Å². The lowest BCUT2D eigenvalue weighted by molar-refractivity contribution is -0.122. The maximum Gasteiger partial charge on any atom is 0.265 e. The van der Waals surface area contributed by atoms with Crippen molar-refractivity contribution < 1.29 is 9.53 Å². The van der Waals surface area contributed by atoms with Gasteiger partial charge in [-0.15, -0.1) is 0 Å². The van der Waals surface area contributed by atoms with E-state index in [1.807, 2.05) is 12.1 Å². The average molecular weight is 246 g/mol. The molecule has 4 nitrogen and oxygen atoms in total. The van der Waals surface area contributed by atoms with Crippen LogP contribution in [0.2, 0.25) is 0 Å². The van der Waals surface area contributed by atoms with E-state index in [4.69, 9.17) is 10.5 Å². The Labute approximate surface area is 107 Å². The largest absolute Gasteiger partial charge is 0.479 e. The molecular formula is C14H18N2O2. The minimum Gasteiger partial charge on any atom is -0.479 e. The van der Waals surface area contributed by atoms with E-state index in [-0.39, 0.29) is 11.3 Å². The summed E-state index contributed by atoms with van der Waals surface area (Å²) in [7, 11) is 0. The summed E-state index contributed by atoms with van der Waals surface area (Å²) in [6, 6.07) is 6.02. The molecule has 0 saturated heterocycles. The first-order valence-electron chi connectivity index (χ1n) is 6.47. The molecule has 1 unspecified atom stereocenters. The van der Waals surface area contributed by atoms with Crippen LogP contribution in [0.15, 0.2) is 18.2 Å². The quantitative estimate of drug-likeness (QED) is 0.836. The van der Waals surface area contributed by atoms with Crippen LogP contribution in [0.1, 0.15) is 31.7 Å². The van der Waals surface area contributed by atoms with E-state index in [1.54, 1.807) is 6.92 Å². The molecule has 4 heteroatoms. The monoisotopic (exact) mass is 246 g/mol. The molecule has 1 aromatic rings. The number of benzene rings is 1. The number of hydrogen-bond acceptors (Lipinski definition) is 3. The summed E-state index contributed by atoms with van der Waals surface area (Å²) in [5.41, 5.74) is 8.04. The van der Waals surface area contributed by atoms with E-state index in [0.29, 0.717) is 6.54 Å². The Morgan fingerprint density at radius 3 is 2.89 bits per heavy atom. The molecule has 96 valence electrons. The molecule has 3 rings (SSSR count). The van der Waals surface area contributed by atoms with Gasteiger partial charge in [-0.2, -0.15) is 0 Å². The van der Waals surface area contributed by atoms with Gasteiger partial charge in [0.2, 0.25) is 0 Å². The highest BCUT2D eigenvalue weighted by molar-refractivity contribution is 5.97. The summed E-state index contributed by atoms with van der Waals surface area (Å²) in [4.78, 5) is 11.5. The first-order chi connectivity index (χ1) is 8.64. The fourth-order valence-corrected chi connectivity index (χ4v) is 2.75. The molecule has 1 aromatic carbocycles. The smallest absolute Gasteiger partial charge is 0.265 e. The third-order valence-corrected chi connectivity index (χ3v) is 4.23. The Kier molecular flexibility index (Phi) is 2.55. The van der Waals surface area contributed by atoms with Crippen molar-refractivity contribution in [1.29, 1.82) is 0 Å². The number of amides is 1. The van der Waals surface area contributed by atoms with E-state index in [9.17, 15) is 4.79 Å². The second kappa shape index (κ2) is 3.99. The Hall–Kier alpha value is -1.55. The first kappa shape index (κ1) is 11.5. The van der Waals surface area contributed by atoms with E-state index >= 15 is 0 Å². The van der Waals surface area contributed by atoms with Crippen molar-refractivity contribution in [1.82, 2.24) is 0 Å². The minimum absolute atomic E-state index is 0.0903. The van der Waals surface area contributed by atoms with Gasteiger partial charge in [-0.3, -0.25) is 4.79 Å². The van der Waals surface area contributed by atoms with Crippen LogP contribution in [-0.4, -0.2) is 18.6 Å². The van der Waals surface area contributed by atoms with Crippen molar-refractivity contribution in [2.75, 3.05) is 11.9 Å². The van der Waals surface area contributed by atoms with Gasteiger partial charge in [0.15, 0.2) is 6.10 Å².